The van der Waals surface area contributed by atoms with Gasteiger partial charge in [-0.3, -0.25) is 10.1 Å². The Kier molecular flexibility index (Phi) is 4.87. The number of halogens is 4. The highest BCUT2D eigenvalue weighted by Crippen LogP contribution is 2.38. The van der Waals surface area contributed by atoms with E-state index >= 15 is 0 Å². The first-order valence-corrected chi connectivity index (χ1v) is 6.51. The molecule has 0 N–H and O–H groups in total. The van der Waals surface area contributed by atoms with Crippen LogP contribution >= 0.6 is 11.6 Å². The monoisotopic (exact) mass is 358 g/mol. The summed E-state index contributed by atoms with van der Waals surface area (Å²) in [5, 5.41) is 10.2. The predicted octanol–water partition coefficient (Wildman–Crippen LogP) is 5.03. The lowest BCUT2D eigenvalue weighted by atomic mass is 10.2. The summed E-state index contributed by atoms with van der Waals surface area (Å²) in [5.74, 6) is -0.00619. The molecule has 0 unspecified atom stereocenters. The Hall–Kier alpha value is -2.90. The van der Waals surface area contributed by atoms with Gasteiger partial charge in [0.05, 0.1) is 15.5 Å². The topological polar surface area (TPSA) is 81.8 Å². The quantitative estimate of drug-likeness (QED) is 0.332. The van der Waals surface area contributed by atoms with Gasteiger partial charge in [0.15, 0.2) is 5.69 Å². The van der Waals surface area contributed by atoms with Gasteiger partial charge in [-0.25, -0.2) is 4.79 Å². The van der Waals surface area contributed by atoms with E-state index in [1.165, 1.54) is 12.1 Å². The molecule has 0 aromatic heterocycles. The Morgan fingerprint density at radius 3 is 2.33 bits per heavy atom. The number of carbonyl (C=O) groups excluding carboxylic acids is 1. The number of aliphatic imine (C=N–C) groups is 1. The summed E-state index contributed by atoms with van der Waals surface area (Å²) in [6, 6.07) is 6.06. The van der Waals surface area contributed by atoms with Gasteiger partial charge in [-0.1, -0.05) is 11.6 Å². The predicted molar refractivity (Wildman–Crippen MR) is 77.4 cm³/mol. The van der Waals surface area contributed by atoms with E-state index in [9.17, 15) is 28.1 Å². The molecule has 0 aliphatic rings. The van der Waals surface area contributed by atoms with E-state index in [0.717, 1.165) is 30.3 Å². The van der Waals surface area contributed by atoms with Crippen molar-refractivity contribution in [1.82, 2.24) is 0 Å². The summed E-state index contributed by atoms with van der Waals surface area (Å²) < 4.78 is 43.2. The first-order chi connectivity index (χ1) is 11.2. The fourth-order valence-corrected chi connectivity index (χ4v) is 2.06. The Balaban J connectivity index is 2.35. The molecule has 0 aliphatic heterocycles. The van der Waals surface area contributed by atoms with Gasteiger partial charge >= 0.3 is 6.18 Å². The smallest absolute Gasteiger partial charge is 0.417 e. The number of hydrogen-bond acceptors (Lipinski definition) is 5. The second kappa shape index (κ2) is 6.69. The van der Waals surface area contributed by atoms with Crippen LogP contribution in [0, 0.1) is 10.1 Å². The van der Waals surface area contributed by atoms with Crippen molar-refractivity contribution < 1.29 is 27.6 Å². The molecule has 0 radical (unpaired) electrons. The van der Waals surface area contributed by atoms with Crippen LogP contribution in [0.4, 0.5) is 24.5 Å². The molecule has 0 spiro atoms. The molecule has 2 aromatic rings. The number of nitro groups is 1. The molecule has 2 rings (SSSR count). The van der Waals surface area contributed by atoms with E-state index in [4.69, 9.17) is 16.3 Å². The summed E-state index contributed by atoms with van der Waals surface area (Å²) in [7, 11) is 0. The van der Waals surface area contributed by atoms with Crippen LogP contribution in [0.2, 0.25) is 5.02 Å². The van der Waals surface area contributed by atoms with E-state index < -0.39 is 27.4 Å². The lowest BCUT2D eigenvalue weighted by Crippen LogP contribution is -2.05. The van der Waals surface area contributed by atoms with Crippen molar-refractivity contribution in [2.45, 2.75) is 6.18 Å². The second-order valence-corrected chi connectivity index (χ2v) is 4.76. The molecule has 2 aromatic carbocycles. The number of benzene rings is 2. The highest BCUT2D eigenvalue weighted by Gasteiger charge is 2.33. The van der Waals surface area contributed by atoms with Crippen LogP contribution in [-0.4, -0.2) is 11.0 Å². The first-order valence-electron chi connectivity index (χ1n) is 6.13. The van der Waals surface area contributed by atoms with Gasteiger partial charge in [0.1, 0.15) is 11.5 Å². The van der Waals surface area contributed by atoms with Crippen LogP contribution in [0.5, 0.6) is 11.5 Å². The third-order valence-corrected chi connectivity index (χ3v) is 3.10. The molecule has 0 saturated carbocycles. The molecular formula is C14H6ClF3N2O4. The van der Waals surface area contributed by atoms with E-state index in [1.807, 2.05) is 0 Å². The fraction of sp³-hybridized carbons (Fsp3) is 0.0714. The van der Waals surface area contributed by atoms with Gasteiger partial charge in [-0.05, 0) is 18.2 Å². The minimum atomic E-state index is -4.60. The van der Waals surface area contributed by atoms with E-state index in [1.54, 1.807) is 0 Å². The maximum atomic E-state index is 12.6. The Morgan fingerprint density at radius 1 is 1.17 bits per heavy atom. The van der Waals surface area contributed by atoms with Crippen molar-refractivity contribution >= 4 is 29.1 Å². The Bertz CT molecular complexity index is 848. The van der Waals surface area contributed by atoms with Crippen molar-refractivity contribution in [3.8, 4) is 11.5 Å². The molecule has 0 bridgehead atoms. The second-order valence-electron chi connectivity index (χ2n) is 4.35. The maximum absolute atomic E-state index is 12.6. The standard InChI is InChI=1S/C14H6ClF3N2O4/c15-11-5-8(1-3-10(11)14(16,17)18)24-9-2-4-13(20(22)23)12(6-9)19-7-21/h1-6H. The summed E-state index contributed by atoms with van der Waals surface area (Å²) >= 11 is 5.57. The zero-order chi connectivity index (χ0) is 17.9. The van der Waals surface area contributed by atoms with Gasteiger partial charge in [-0.2, -0.15) is 18.2 Å². The average Bonchev–Trinajstić information content (AvgIpc) is 2.46. The molecular weight excluding hydrogens is 353 g/mol. The molecule has 0 heterocycles. The summed E-state index contributed by atoms with van der Waals surface area (Å²) in [4.78, 5) is 23.5. The van der Waals surface area contributed by atoms with E-state index in [0.29, 0.717) is 0 Å². The van der Waals surface area contributed by atoms with Gasteiger partial charge in [-0.15, -0.1) is 0 Å². The van der Waals surface area contributed by atoms with E-state index in [-0.39, 0.29) is 17.2 Å². The van der Waals surface area contributed by atoms with E-state index in [2.05, 4.69) is 4.99 Å². The molecule has 0 aliphatic carbocycles. The number of hydrogen-bond donors (Lipinski definition) is 0. The molecule has 0 amide bonds. The summed E-state index contributed by atoms with van der Waals surface area (Å²) in [5.41, 5.74) is -1.77. The number of rotatable bonds is 4. The van der Waals surface area contributed by atoms with Gasteiger partial charge in [0, 0.05) is 18.2 Å². The number of ether oxygens (including phenoxy) is 1. The Morgan fingerprint density at radius 2 is 1.79 bits per heavy atom. The minimum absolute atomic E-state index is 0.0189. The molecule has 0 atom stereocenters. The normalized spacial score (nSPS) is 10.8. The van der Waals surface area contributed by atoms with Crippen LogP contribution in [0.3, 0.4) is 0 Å². The zero-order valence-electron chi connectivity index (χ0n) is 11.5. The molecule has 0 saturated heterocycles. The highest BCUT2D eigenvalue weighted by atomic mass is 35.5. The molecule has 10 heteroatoms. The van der Waals surface area contributed by atoms with Crippen molar-refractivity contribution in [2.75, 3.05) is 0 Å². The number of nitro benzene ring substituents is 1. The lowest BCUT2D eigenvalue weighted by molar-refractivity contribution is -0.384. The highest BCUT2D eigenvalue weighted by molar-refractivity contribution is 6.31. The van der Waals surface area contributed by atoms with Crippen LogP contribution in [-0.2, 0) is 11.0 Å². The first kappa shape index (κ1) is 17.5. The lowest BCUT2D eigenvalue weighted by Gasteiger charge is -2.11. The largest absolute Gasteiger partial charge is 0.457 e. The van der Waals surface area contributed by atoms with Gasteiger partial charge < -0.3 is 4.74 Å². The zero-order valence-corrected chi connectivity index (χ0v) is 12.3. The Labute approximate surface area is 137 Å². The van der Waals surface area contributed by atoms with Gasteiger partial charge in [0.25, 0.3) is 5.69 Å². The van der Waals surface area contributed by atoms with Crippen LogP contribution < -0.4 is 4.74 Å². The summed E-state index contributed by atoms with van der Waals surface area (Å²) in [6.45, 7) is 0. The van der Waals surface area contributed by atoms with Crippen molar-refractivity contribution in [3.05, 3.63) is 57.1 Å². The van der Waals surface area contributed by atoms with Crippen LogP contribution in [0.15, 0.2) is 41.4 Å². The summed E-state index contributed by atoms with van der Waals surface area (Å²) in [6.07, 6.45) is -3.43. The molecule has 124 valence electrons. The van der Waals surface area contributed by atoms with Crippen molar-refractivity contribution in [3.63, 3.8) is 0 Å². The number of isocyanates is 1. The maximum Gasteiger partial charge on any atom is 0.417 e. The third-order valence-electron chi connectivity index (χ3n) is 2.79. The molecule has 0 fully saturated rings. The van der Waals surface area contributed by atoms with Gasteiger partial charge in [0.2, 0.25) is 6.08 Å². The number of nitrogens with zero attached hydrogens (tertiary/aromatic N) is 2. The number of alkyl halides is 3. The minimum Gasteiger partial charge on any atom is -0.457 e. The van der Waals surface area contributed by atoms with Crippen LogP contribution in [0.1, 0.15) is 5.56 Å². The van der Waals surface area contributed by atoms with Crippen molar-refractivity contribution in [2.24, 2.45) is 4.99 Å². The average molecular weight is 359 g/mol. The third kappa shape index (κ3) is 3.89. The molecule has 6 nitrogen and oxygen atoms in total. The molecule has 24 heavy (non-hydrogen) atoms. The fourth-order valence-electron chi connectivity index (χ4n) is 1.79. The van der Waals surface area contributed by atoms with Crippen molar-refractivity contribution in [1.29, 1.82) is 0 Å². The SMILES string of the molecule is O=C=Nc1cc(Oc2ccc(C(F)(F)F)c(Cl)c2)ccc1[N+](=O)[O-]. The van der Waals surface area contributed by atoms with Crippen LogP contribution in [0.25, 0.3) is 0 Å².